The van der Waals surface area contributed by atoms with Crippen LogP contribution in [-0.4, -0.2) is 25.7 Å². The summed E-state index contributed by atoms with van der Waals surface area (Å²) >= 11 is 0. The molecule has 0 aliphatic rings. The lowest BCUT2D eigenvalue weighted by atomic mass is 10.0. The molecule has 0 amide bonds. The van der Waals surface area contributed by atoms with Crippen LogP contribution in [-0.2, 0) is 6.30 Å². The van der Waals surface area contributed by atoms with Gasteiger partial charge in [-0.25, -0.2) is 0 Å². The summed E-state index contributed by atoms with van der Waals surface area (Å²) in [5, 5.41) is 17.1. The van der Waals surface area contributed by atoms with Gasteiger partial charge in [0.25, 0.3) is 5.69 Å². The highest BCUT2D eigenvalue weighted by atomic mass is 19.4. The number of hydrogen-bond donors (Lipinski definition) is 0. The minimum absolute atomic E-state index is 0.0398. The number of nitrogens with zero attached hydrogens (tertiary/aromatic N) is 4. The number of nitro benzene ring substituents is 1. The summed E-state index contributed by atoms with van der Waals surface area (Å²) in [5.74, 6) is -0.825. The van der Waals surface area contributed by atoms with Crippen LogP contribution in [0, 0.1) is 10.1 Å². The quantitative estimate of drug-likeness (QED) is 0.402. The van der Waals surface area contributed by atoms with Gasteiger partial charge in [-0.3, -0.25) is 14.9 Å². The zero-order valence-electron chi connectivity index (χ0n) is 12.8. The molecule has 0 saturated heterocycles. The molecule has 1 aromatic heterocycles. The third-order valence-corrected chi connectivity index (χ3v) is 3.51. The summed E-state index contributed by atoms with van der Waals surface area (Å²) in [6.07, 6.45) is -4.87. The standard InChI is InChI=1S/C16H9F3N4O3/c17-16(18,19)22-14(10-4-2-1-3-5-10)13(20-21-22)15(24)11-6-8-12(9-7-11)23(25)26/h1-9H. The largest absolute Gasteiger partial charge is 0.506 e. The van der Waals surface area contributed by atoms with Crippen molar-refractivity contribution in [2.45, 2.75) is 6.30 Å². The van der Waals surface area contributed by atoms with Gasteiger partial charge in [0.1, 0.15) is 5.69 Å². The zero-order valence-corrected chi connectivity index (χ0v) is 12.8. The lowest BCUT2D eigenvalue weighted by Gasteiger charge is -2.10. The average Bonchev–Trinajstić information content (AvgIpc) is 3.07. The lowest BCUT2D eigenvalue weighted by molar-refractivity contribution is -0.384. The van der Waals surface area contributed by atoms with Crippen molar-refractivity contribution in [2.24, 2.45) is 0 Å². The molecule has 10 heteroatoms. The van der Waals surface area contributed by atoms with Crippen molar-refractivity contribution in [3.8, 4) is 11.3 Å². The summed E-state index contributed by atoms with van der Waals surface area (Å²) in [4.78, 5) is 22.6. The van der Waals surface area contributed by atoms with Crippen LogP contribution in [0.25, 0.3) is 11.3 Å². The molecule has 0 N–H and O–H groups in total. The molecule has 0 aliphatic carbocycles. The van der Waals surface area contributed by atoms with Gasteiger partial charge >= 0.3 is 6.30 Å². The van der Waals surface area contributed by atoms with Crippen molar-refractivity contribution in [3.05, 3.63) is 76.0 Å². The Morgan fingerprint density at radius 3 is 2.19 bits per heavy atom. The number of non-ortho nitro benzene ring substituents is 1. The van der Waals surface area contributed by atoms with Crippen LogP contribution in [0.3, 0.4) is 0 Å². The molecule has 0 spiro atoms. The van der Waals surface area contributed by atoms with E-state index in [9.17, 15) is 28.1 Å². The third kappa shape index (κ3) is 3.16. The number of hydrogen-bond acceptors (Lipinski definition) is 5. The number of ketones is 1. The highest BCUT2D eigenvalue weighted by molar-refractivity contribution is 6.11. The van der Waals surface area contributed by atoms with E-state index in [2.05, 4.69) is 10.3 Å². The fourth-order valence-electron chi connectivity index (χ4n) is 2.34. The first-order valence-electron chi connectivity index (χ1n) is 7.16. The molecule has 1 heterocycles. The van der Waals surface area contributed by atoms with Gasteiger partial charge in [0.2, 0.25) is 5.78 Å². The number of carbonyl (C=O) groups is 1. The Kier molecular flexibility index (Phi) is 4.24. The molecule has 26 heavy (non-hydrogen) atoms. The fourth-order valence-corrected chi connectivity index (χ4v) is 2.34. The predicted molar refractivity (Wildman–Crippen MR) is 83.3 cm³/mol. The normalized spacial score (nSPS) is 11.3. The van der Waals surface area contributed by atoms with Gasteiger partial charge in [-0.1, -0.05) is 35.5 Å². The number of rotatable bonds is 4. The molecule has 0 radical (unpaired) electrons. The van der Waals surface area contributed by atoms with Crippen molar-refractivity contribution in [3.63, 3.8) is 0 Å². The summed E-state index contributed by atoms with van der Waals surface area (Å²) in [6, 6.07) is 11.9. The lowest BCUT2D eigenvalue weighted by Crippen LogP contribution is -2.20. The van der Waals surface area contributed by atoms with Crippen molar-refractivity contribution in [1.29, 1.82) is 0 Å². The molecule has 7 nitrogen and oxygen atoms in total. The molecular weight excluding hydrogens is 353 g/mol. The molecule has 0 saturated carbocycles. The van der Waals surface area contributed by atoms with E-state index in [1.165, 1.54) is 24.3 Å². The summed E-state index contributed by atoms with van der Waals surface area (Å²) in [5.41, 5.74) is -1.17. The van der Waals surface area contributed by atoms with E-state index < -0.39 is 28.4 Å². The number of alkyl halides is 3. The second kappa shape index (κ2) is 6.39. The van der Waals surface area contributed by atoms with Gasteiger partial charge in [-0.05, 0) is 12.1 Å². The molecular formula is C16H9F3N4O3. The predicted octanol–water partition coefficient (Wildman–Crippen LogP) is 3.56. The van der Waals surface area contributed by atoms with Gasteiger partial charge in [0, 0.05) is 23.3 Å². The summed E-state index contributed by atoms with van der Waals surface area (Å²) in [7, 11) is 0. The Balaban J connectivity index is 2.12. The molecule has 0 aliphatic heterocycles. The van der Waals surface area contributed by atoms with Crippen LogP contribution in [0.5, 0.6) is 0 Å². The molecule has 0 bridgehead atoms. The highest BCUT2D eigenvalue weighted by Crippen LogP contribution is 2.32. The van der Waals surface area contributed by atoms with Gasteiger partial charge in [0.05, 0.1) is 4.92 Å². The van der Waals surface area contributed by atoms with E-state index >= 15 is 0 Å². The number of benzene rings is 2. The van der Waals surface area contributed by atoms with Crippen molar-refractivity contribution in [1.82, 2.24) is 15.0 Å². The zero-order chi connectivity index (χ0) is 18.9. The van der Waals surface area contributed by atoms with Crippen LogP contribution in [0.1, 0.15) is 16.1 Å². The topological polar surface area (TPSA) is 90.9 Å². The Labute approximate surface area is 143 Å². The van der Waals surface area contributed by atoms with E-state index in [1.54, 1.807) is 6.07 Å². The molecule has 0 unspecified atom stereocenters. The van der Waals surface area contributed by atoms with E-state index in [-0.39, 0.29) is 21.5 Å². The van der Waals surface area contributed by atoms with Gasteiger partial charge in [-0.2, -0.15) is 0 Å². The maximum Gasteiger partial charge on any atom is 0.506 e. The van der Waals surface area contributed by atoms with Crippen molar-refractivity contribution >= 4 is 11.5 Å². The molecule has 3 rings (SSSR count). The van der Waals surface area contributed by atoms with E-state index in [0.29, 0.717) is 0 Å². The first-order valence-corrected chi connectivity index (χ1v) is 7.16. The number of nitro groups is 1. The second-order valence-electron chi connectivity index (χ2n) is 5.17. The van der Waals surface area contributed by atoms with E-state index in [0.717, 1.165) is 24.3 Å². The second-order valence-corrected chi connectivity index (χ2v) is 5.17. The molecule has 0 fully saturated rings. The third-order valence-electron chi connectivity index (χ3n) is 3.51. The van der Waals surface area contributed by atoms with E-state index in [4.69, 9.17) is 0 Å². The first kappa shape index (κ1) is 17.3. The maximum absolute atomic E-state index is 13.2. The number of carbonyl (C=O) groups excluding carboxylic acids is 1. The van der Waals surface area contributed by atoms with Crippen LogP contribution >= 0.6 is 0 Å². The first-order chi connectivity index (χ1) is 12.3. The Morgan fingerprint density at radius 2 is 1.65 bits per heavy atom. The highest BCUT2D eigenvalue weighted by Gasteiger charge is 2.38. The van der Waals surface area contributed by atoms with Gasteiger partial charge in [-0.15, -0.1) is 23.0 Å². The van der Waals surface area contributed by atoms with Crippen molar-refractivity contribution in [2.75, 3.05) is 0 Å². The number of aromatic nitrogens is 3. The van der Waals surface area contributed by atoms with Crippen LogP contribution in [0.4, 0.5) is 18.9 Å². The minimum Gasteiger partial charge on any atom is -0.287 e. The molecule has 132 valence electrons. The fraction of sp³-hybridized carbons (Fsp3) is 0.0625. The number of halogens is 3. The van der Waals surface area contributed by atoms with Gasteiger partial charge in [0.15, 0.2) is 5.69 Å². The molecule has 2 aromatic carbocycles. The van der Waals surface area contributed by atoms with Crippen LogP contribution < -0.4 is 0 Å². The Morgan fingerprint density at radius 1 is 1.04 bits per heavy atom. The Bertz CT molecular complexity index is 967. The average molecular weight is 362 g/mol. The molecule has 3 aromatic rings. The van der Waals surface area contributed by atoms with Crippen molar-refractivity contribution < 1.29 is 22.9 Å². The minimum atomic E-state index is -4.87. The van der Waals surface area contributed by atoms with Gasteiger partial charge < -0.3 is 0 Å². The Hall–Kier alpha value is -3.56. The summed E-state index contributed by atoms with van der Waals surface area (Å²) < 4.78 is 39.4. The molecule has 0 atom stereocenters. The van der Waals surface area contributed by atoms with Crippen LogP contribution in [0.2, 0.25) is 0 Å². The SMILES string of the molecule is O=C(c1ccc([N+](=O)[O-])cc1)c1nnn(C(F)(F)F)c1-c1ccccc1. The summed E-state index contributed by atoms with van der Waals surface area (Å²) in [6.45, 7) is 0. The van der Waals surface area contributed by atoms with Crippen LogP contribution in [0.15, 0.2) is 54.6 Å². The monoisotopic (exact) mass is 362 g/mol. The smallest absolute Gasteiger partial charge is 0.287 e. The maximum atomic E-state index is 13.2. The van der Waals surface area contributed by atoms with E-state index in [1.807, 2.05) is 0 Å².